The molecule has 114 valence electrons. The molecule has 20 heavy (non-hydrogen) atoms. The highest BCUT2D eigenvalue weighted by Crippen LogP contribution is 2.22. The predicted molar refractivity (Wildman–Crippen MR) is 90.4 cm³/mol. The molecule has 0 aliphatic heterocycles. The lowest BCUT2D eigenvalue weighted by Gasteiger charge is -2.24. The number of hydrogen-bond acceptors (Lipinski definition) is 1. The summed E-state index contributed by atoms with van der Waals surface area (Å²) in [5.74, 6) is 0.810. The Labute approximate surface area is 130 Å². The van der Waals surface area contributed by atoms with Crippen LogP contribution in [0.5, 0.6) is 0 Å². The monoisotopic (exact) mass is 295 g/mol. The van der Waals surface area contributed by atoms with Crippen LogP contribution in [-0.2, 0) is 0 Å². The summed E-state index contributed by atoms with van der Waals surface area (Å²) < 4.78 is 0. The highest BCUT2D eigenvalue weighted by atomic mass is 35.5. The Kier molecular flexibility index (Phi) is 8.25. The van der Waals surface area contributed by atoms with Gasteiger partial charge in [0.05, 0.1) is 0 Å². The molecule has 0 radical (unpaired) electrons. The van der Waals surface area contributed by atoms with Crippen molar-refractivity contribution in [2.24, 2.45) is 5.92 Å². The van der Waals surface area contributed by atoms with Crippen LogP contribution < -0.4 is 5.32 Å². The topological polar surface area (TPSA) is 12.0 Å². The maximum Gasteiger partial charge on any atom is 0.0406 e. The predicted octanol–water partition coefficient (Wildman–Crippen LogP) is 5.99. The van der Waals surface area contributed by atoms with E-state index in [-0.39, 0.29) is 0 Å². The van der Waals surface area contributed by atoms with Gasteiger partial charge in [-0.3, -0.25) is 0 Å². The van der Waals surface area contributed by atoms with Gasteiger partial charge >= 0.3 is 0 Å². The lowest BCUT2D eigenvalue weighted by molar-refractivity contribution is 0.395. The van der Waals surface area contributed by atoms with Gasteiger partial charge in [0, 0.05) is 17.1 Å². The van der Waals surface area contributed by atoms with Gasteiger partial charge in [0.2, 0.25) is 0 Å². The lowest BCUT2D eigenvalue weighted by atomic mass is 9.99. The smallest absolute Gasteiger partial charge is 0.0406 e. The first kappa shape index (κ1) is 17.5. The van der Waals surface area contributed by atoms with Gasteiger partial charge in [-0.2, -0.15) is 0 Å². The SMILES string of the molecule is CCCC(NC(C)CCCC(C)C)c1ccc(Cl)cc1. The molecule has 0 aliphatic carbocycles. The Morgan fingerprint density at radius 3 is 2.20 bits per heavy atom. The molecule has 2 atom stereocenters. The standard InChI is InChI=1S/C18H30ClN/c1-5-7-18(16-10-12-17(19)13-11-16)20-15(4)9-6-8-14(2)3/h10-15,18,20H,5-9H2,1-4H3. The highest BCUT2D eigenvalue weighted by molar-refractivity contribution is 6.30. The summed E-state index contributed by atoms with van der Waals surface area (Å²) in [4.78, 5) is 0. The summed E-state index contributed by atoms with van der Waals surface area (Å²) in [5.41, 5.74) is 1.35. The number of halogens is 1. The van der Waals surface area contributed by atoms with E-state index in [0.717, 1.165) is 10.9 Å². The van der Waals surface area contributed by atoms with Crippen molar-refractivity contribution in [3.8, 4) is 0 Å². The zero-order valence-electron chi connectivity index (χ0n) is 13.5. The van der Waals surface area contributed by atoms with E-state index < -0.39 is 0 Å². The second-order valence-electron chi connectivity index (χ2n) is 6.29. The van der Waals surface area contributed by atoms with Crippen molar-refractivity contribution in [3.63, 3.8) is 0 Å². The van der Waals surface area contributed by atoms with E-state index in [0.29, 0.717) is 12.1 Å². The third-order valence-electron chi connectivity index (χ3n) is 3.75. The number of rotatable bonds is 9. The van der Waals surface area contributed by atoms with E-state index in [9.17, 15) is 0 Å². The molecule has 0 amide bonds. The fraction of sp³-hybridized carbons (Fsp3) is 0.667. The van der Waals surface area contributed by atoms with Gasteiger partial charge < -0.3 is 5.32 Å². The molecule has 1 nitrogen and oxygen atoms in total. The quantitative estimate of drug-likeness (QED) is 0.590. The molecule has 1 N–H and O–H groups in total. The molecule has 0 aromatic heterocycles. The van der Waals surface area contributed by atoms with Crippen molar-refractivity contribution in [1.82, 2.24) is 5.32 Å². The molecule has 1 aromatic rings. The van der Waals surface area contributed by atoms with Gasteiger partial charge in [-0.25, -0.2) is 0 Å². The van der Waals surface area contributed by atoms with Crippen molar-refractivity contribution in [2.75, 3.05) is 0 Å². The number of nitrogens with one attached hydrogen (secondary N) is 1. The zero-order chi connectivity index (χ0) is 15.0. The Hall–Kier alpha value is -0.530. The largest absolute Gasteiger partial charge is 0.307 e. The molecule has 0 aliphatic rings. The fourth-order valence-corrected chi connectivity index (χ4v) is 2.72. The van der Waals surface area contributed by atoms with Crippen LogP contribution in [0.1, 0.15) is 71.4 Å². The molecule has 0 bridgehead atoms. The summed E-state index contributed by atoms with van der Waals surface area (Å²) in [6.07, 6.45) is 6.26. The Morgan fingerprint density at radius 1 is 1.00 bits per heavy atom. The van der Waals surface area contributed by atoms with Gasteiger partial charge in [-0.15, -0.1) is 0 Å². The van der Waals surface area contributed by atoms with Gasteiger partial charge in [-0.05, 0) is 43.4 Å². The molecule has 2 heteroatoms. The minimum absolute atomic E-state index is 0.450. The lowest BCUT2D eigenvalue weighted by Crippen LogP contribution is -2.30. The minimum atomic E-state index is 0.450. The minimum Gasteiger partial charge on any atom is -0.307 e. The summed E-state index contributed by atoms with van der Waals surface area (Å²) in [6, 6.07) is 9.30. The van der Waals surface area contributed by atoms with E-state index in [1.165, 1.54) is 37.7 Å². The summed E-state index contributed by atoms with van der Waals surface area (Å²) in [7, 11) is 0. The van der Waals surface area contributed by atoms with Gasteiger partial charge in [-0.1, -0.05) is 63.8 Å². The van der Waals surface area contributed by atoms with Crippen LogP contribution in [0, 0.1) is 5.92 Å². The normalized spacial score (nSPS) is 14.5. The Balaban J connectivity index is 2.51. The molecule has 1 rings (SSSR count). The van der Waals surface area contributed by atoms with Crippen LogP contribution in [0.3, 0.4) is 0 Å². The third kappa shape index (κ3) is 6.76. The maximum absolute atomic E-state index is 5.98. The maximum atomic E-state index is 5.98. The van der Waals surface area contributed by atoms with E-state index in [4.69, 9.17) is 11.6 Å². The average molecular weight is 296 g/mol. The van der Waals surface area contributed by atoms with Crippen molar-refractivity contribution in [1.29, 1.82) is 0 Å². The van der Waals surface area contributed by atoms with Gasteiger partial charge in [0.15, 0.2) is 0 Å². The molecule has 0 saturated carbocycles. The first-order valence-electron chi connectivity index (χ1n) is 8.04. The van der Waals surface area contributed by atoms with Crippen molar-refractivity contribution in [2.45, 2.75) is 71.9 Å². The number of benzene rings is 1. The van der Waals surface area contributed by atoms with Crippen LogP contribution in [0.15, 0.2) is 24.3 Å². The van der Waals surface area contributed by atoms with E-state index in [2.05, 4.69) is 45.1 Å². The molecule has 1 aromatic carbocycles. The third-order valence-corrected chi connectivity index (χ3v) is 4.01. The van der Waals surface area contributed by atoms with Gasteiger partial charge in [0.1, 0.15) is 0 Å². The molecular formula is C18H30ClN. The van der Waals surface area contributed by atoms with E-state index >= 15 is 0 Å². The van der Waals surface area contributed by atoms with Crippen molar-refractivity contribution < 1.29 is 0 Å². The van der Waals surface area contributed by atoms with Crippen molar-refractivity contribution >= 4 is 11.6 Å². The second kappa shape index (κ2) is 9.41. The van der Waals surface area contributed by atoms with Gasteiger partial charge in [0.25, 0.3) is 0 Å². The summed E-state index contributed by atoms with van der Waals surface area (Å²) in [5, 5.41) is 4.60. The van der Waals surface area contributed by atoms with E-state index in [1.54, 1.807) is 0 Å². The van der Waals surface area contributed by atoms with Crippen LogP contribution in [0.25, 0.3) is 0 Å². The molecule has 0 saturated heterocycles. The van der Waals surface area contributed by atoms with E-state index in [1.807, 2.05) is 12.1 Å². The zero-order valence-corrected chi connectivity index (χ0v) is 14.2. The van der Waals surface area contributed by atoms with Crippen LogP contribution in [-0.4, -0.2) is 6.04 Å². The first-order chi connectivity index (χ1) is 9.52. The molecule has 0 heterocycles. The fourth-order valence-electron chi connectivity index (χ4n) is 2.59. The Bertz CT molecular complexity index is 358. The molecular weight excluding hydrogens is 266 g/mol. The number of hydrogen-bond donors (Lipinski definition) is 1. The summed E-state index contributed by atoms with van der Waals surface area (Å²) >= 11 is 5.98. The van der Waals surface area contributed by atoms with Crippen LogP contribution >= 0.6 is 11.6 Å². The second-order valence-corrected chi connectivity index (χ2v) is 6.72. The highest BCUT2D eigenvalue weighted by Gasteiger charge is 2.13. The molecule has 0 fully saturated rings. The molecule has 0 spiro atoms. The molecule has 2 unspecified atom stereocenters. The van der Waals surface area contributed by atoms with Crippen LogP contribution in [0.4, 0.5) is 0 Å². The van der Waals surface area contributed by atoms with Crippen LogP contribution in [0.2, 0.25) is 5.02 Å². The summed E-state index contributed by atoms with van der Waals surface area (Å²) in [6.45, 7) is 9.14. The first-order valence-corrected chi connectivity index (χ1v) is 8.42. The van der Waals surface area contributed by atoms with Crippen molar-refractivity contribution in [3.05, 3.63) is 34.9 Å². The Morgan fingerprint density at radius 2 is 1.65 bits per heavy atom. The average Bonchev–Trinajstić information content (AvgIpc) is 2.38.